The second-order valence-corrected chi connectivity index (χ2v) is 8.03. The fraction of sp³-hybridized carbons (Fsp3) is 0.391. The van der Waals surface area contributed by atoms with E-state index < -0.39 is 23.3 Å². The van der Waals surface area contributed by atoms with Gasteiger partial charge in [0, 0.05) is 31.4 Å². The molecule has 166 valence electrons. The molecule has 0 spiro atoms. The van der Waals surface area contributed by atoms with Crippen molar-refractivity contribution < 1.29 is 18.0 Å². The predicted molar refractivity (Wildman–Crippen MR) is 116 cm³/mol. The van der Waals surface area contributed by atoms with Gasteiger partial charge in [-0.05, 0) is 35.7 Å². The number of nitriles is 1. The number of anilines is 1. The van der Waals surface area contributed by atoms with Crippen LogP contribution in [0.15, 0.2) is 42.5 Å². The Hall–Kier alpha value is -2.72. The van der Waals surface area contributed by atoms with Crippen molar-refractivity contribution in [3.05, 3.63) is 64.2 Å². The maximum absolute atomic E-state index is 13.6. The van der Waals surface area contributed by atoms with Crippen LogP contribution in [0.3, 0.4) is 0 Å². The van der Waals surface area contributed by atoms with Crippen LogP contribution in [0, 0.1) is 17.2 Å². The van der Waals surface area contributed by atoms with E-state index in [-0.39, 0.29) is 24.1 Å². The number of alkyl halides is 3. The number of hydrogen-bond acceptors (Lipinski definition) is 3. The van der Waals surface area contributed by atoms with Gasteiger partial charge in [0.05, 0.1) is 17.2 Å². The average Bonchev–Trinajstić information content (AvgIpc) is 2.73. The third kappa shape index (κ3) is 5.71. The van der Waals surface area contributed by atoms with Crippen LogP contribution in [0.1, 0.15) is 37.0 Å². The zero-order valence-corrected chi connectivity index (χ0v) is 18.6. The molecular formula is C23H25ClF3N3O. The molecule has 2 aromatic carbocycles. The Bertz CT molecular complexity index is 969. The number of amides is 1. The zero-order valence-electron chi connectivity index (χ0n) is 17.9. The van der Waals surface area contributed by atoms with E-state index >= 15 is 0 Å². The number of benzene rings is 2. The van der Waals surface area contributed by atoms with Gasteiger partial charge in [-0.25, -0.2) is 0 Å². The van der Waals surface area contributed by atoms with Gasteiger partial charge in [-0.1, -0.05) is 50.1 Å². The lowest BCUT2D eigenvalue weighted by Gasteiger charge is -2.38. The summed E-state index contributed by atoms with van der Waals surface area (Å²) < 4.78 is 40.8. The number of carbonyl (C=O) groups is 1. The van der Waals surface area contributed by atoms with E-state index in [1.165, 1.54) is 11.0 Å². The van der Waals surface area contributed by atoms with Crippen molar-refractivity contribution in [1.29, 1.82) is 5.26 Å². The summed E-state index contributed by atoms with van der Waals surface area (Å²) in [5.41, 5.74) is -0.612. The lowest BCUT2D eigenvalue weighted by molar-refractivity contribution is -0.137. The van der Waals surface area contributed by atoms with Gasteiger partial charge in [-0.3, -0.25) is 4.79 Å². The molecule has 0 aliphatic carbocycles. The van der Waals surface area contributed by atoms with Gasteiger partial charge >= 0.3 is 6.18 Å². The first-order chi connectivity index (χ1) is 14.5. The second-order valence-electron chi connectivity index (χ2n) is 7.62. The highest BCUT2D eigenvalue weighted by Gasteiger charge is 2.37. The summed E-state index contributed by atoms with van der Waals surface area (Å²) in [5, 5.41) is 9.59. The molecule has 1 amide bonds. The number of likely N-dealkylation sites (N-methyl/N-ethyl adjacent to an activating group) is 1. The molecule has 0 N–H and O–H groups in total. The van der Waals surface area contributed by atoms with Gasteiger partial charge in [0.2, 0.25) is 5.91 Å². The Labute approximate surface area is 185 Å². The summed E-state index contributed by atoms with van der Waals surface area (Å²) in [6.45, 7) is 3.95. The fourth-order valence-corrected chi connectivity index (χ4v) is 3.57. The summed E-state index contributed by atoms with van der Waals surface area (Å²) in [6.07, 6.45) is -4.06. The first kappa shape index (κ1) is 24.5. The summed E-state index contributed by atoms with van der Waals surface area (Å²) in [5.74, 6) is -0.373. The molecule has 1 unspecified atom stereocenters. The Morgan fingerprint density at radius 1 is 1.19 bits per heavy atom. The van der Waals surface area contributed by atoms with Gasteiger partial charge < -0.3 is 9.80 Å². The zero-order chi connectivity index (χ0) is 23.3. The molecule has 0 heterocycles. The highest BCUT2D eigenvalue weighted by atomic mass is 35.5. The SMILES string of the molecule is CCC(C)[C@@H](C(=O)N(C)C)N(Cc1ccccc1Cl)c1ccc(C#N)c(C(F)(F)F)c1. The first-order valence-corrected chi connectivity index (χ1v) is 10.2. The minimum atomic E-state index is -4.70. The Morgan fingerprint density at radius 2 is 1.84 bits per heavy atom. The summed E-state index contributed by atoms with van der Waals surface area (Å²) >= 11 is 6.32. The maximum Gasteiger partial charge on any atom is 0.417 e. The van der Waals surface area contributed by atoms with Crippen molar-refractivity contribution in [1.82, 2.24) is 4.90 Å². The highest BCUT2D eigenvalue weighted by molar-refractivity contribution is 6.31. The minimum absolute atomic E-state index is 0.136. The first-order valence-electron chi connectivity index (χ1n) is 9.83. The predicted octanol–water partition coefficient (Wildman–Crippen LogP) is 5.74. The van der Waals surface area contributed by atoms with Crippen LogP contribution in [0.2, 0.25) is 5.02 Å². The van der Waals surface area contributed by atoms with E-state index in [1.54, 1.807) is 49.3 Å². The molecule has 0 aliphatic heterocycles. The minimum Gasteiger partial charge on any atom is -0.355 e. The van der Waals surface area contributed by atoms with Crippen LogP contribution in [0.5, 0.6) is 0 Å². The molecular weight excluding hydrogens is 427 g/mol. The lowest BCUT2D eigenvalue weighted by Crippen LogP contribution is -2.50. The second kappa shape index (κ2) is 10.1. The Balaban J connectivity index is 2.71. The Kier molecular flexibility index (Phi) is 7.96. The molecule has 0 bridgehead atoms. The smallest absolute Gasteiger partial charge is 0.355 e. The van der Waals surface area contributed by atoms with E-state index in [0.717, 1.165) is 12.1 Å². The summed E-state index contributed by atoms with van der Waals surface area (Å²) in [4.78, 5) is 16.2. The summed E-state index contributed by atoms with van der Waals surface area (Å²) in [7, 11) is 3.23. The third-order valence-electron chi connectivity index (χ3n) is 5.27. The molecule has 0 aliphatic rings. The quantitative estimate of drug-likeness (QED) is 0.539. The van der Waals surface area contributed by atoms with Crippen LogP contribution >= 0.6 is 11.6 Å². The van der Waals surface area contributed by atoms with Crippen LogP contribution < -0.4 is 4.90 Å². The molecule has 2 aromatic rings. The monoisotopic (exact) mass is 451 g/mol. The topological polar surface area (TPSA) is 47.3 Å². The molecule has 31 heavy (non-hydrogen) atoms. The molecule has 8 heteroatoms. The number of nitrogens with zero attached hydrogens (tertiary/aromatic N) is 3. The standard InChI is InChI=1S/C23H25ClF3N3O/c1-5-15(2)21(22(31)29(3)4)30(14-17-8-6-7-9-20(17)24)18-11-10-16(13-28)19(12-18)23(25,26)27/h6-12,15,21H,5,14H2,1-4H3/t15?,21-/m0/s1. The van der Waals surface area contributed by atoms with Crippen LogP contribution in [-0.4, -0.2) is 30.9 Å². The molecule has 0 saturated heterocycles. The van der Waals surface area contributed by atoms with Crippen molar-refractivity contribution in [2.75, 3.05) is 19.0 Å². The van der Waals surface area contributed by atoms with Crippen molar-refractivity contribution in [3.8, 4) is 6.07 Å². The van der Waals surface area contributed by atoms with Crippen molar-refractivity contribution in [2.24, 2.45) is 5.92 Å². The van der Waals surface area contributed by atoms with E-state index in [1.807, 2.05) is 13.8 Å². The van der Waals surface area contributed by atoms with E-state index in [2.05, 4.69) is 0 Å². The molecule has 2 rings (SSSR count). The normalized spacial score (nSPS) is 13.3. The largest absolute Gasteiger partial charge is 0.417 e. The number of halogens is 4. The molecule has 0 aromatic heterocycles. The van der Waals surface area contributed by atoms with E-state index in [9.17, 15) is 18.0 Å². The molecule has 2 atom stereocenters. The highest BCUT2D eigenvalue weighted by Crippen LogP contribution is 2.36. The van der Waals surface area contributed by atoms with Crippen molar-refractivity contribution >= 4 is 23.2 Å². The van der Waals surface area contributed by atoms with Gasteiger partial charge in [-0.2, -0.15) is 18.4 Å². The van der Waals surface area contributed by atoms with Crippen LogP contribution in [0.25, 0.3) is 0 Å². The van der Waals surface area contributed by atoms with Gasteiger partial charge in [0.1, 0.15) is 6.04 Å². The molecule has 4 nitrogen and oxygen atoms in total. The van der Waals surface area contributed by atoms with E-state index in [4.69, 9.17) is 16.9 Å². The molecule has 0 radical (unpaired) electrons. The molecule has 0 saturated carbocycles. The lowest BCUT2D eigenvalue weighted by atomic mass is 9.94. The van der Waals surface area contributed by atoms with Crippen molar-refractivity contribution in [2.45, 2.75) is 39.0 Å². The number of rotatable bonds is 7. The third-order valence-corrected chi connectivity index (χ3v) is 5.64. The van der Waals surface area contributed by atoms with Crippen LogP contribution in [0.4, 0.5) is 18.9 Å². The number of hydrogen-bond donors (Lipinski definition) is 0. The Morgan fingerprint density at radius 3 is 2.35 bits per heavy atom. The van der Waals surface area contributed by atoms with E-state index in [0.29, 0.717) is 17.0 Å². The number of carbonyl (C=O) groups excluding carboxylic acids is 1. The van der Waals surface area contributed by atoms with Gasteiger partial charge in [-0.15, -0.1) is 0 Å². The van der Waals surface area contributed by atoms with Gasteiger partial charge in [0.15, 0.2) is 0 Å². The van der Waals surface area contributed by atoms with Crippen molar-refractivity contribution in [3.63, 3.8) is 0 Å². The maximum atomic E-state index is 13.6. The molecule has 0 fully saturated rings. The summed E-state index contributed by atoms with van der Waals surface area (Å²) in [6, 6.07) is 11.4. The fourth-order valence-electron chi connectivity index (χ4n) is 3.37. The van der Waals surface area contributed by atoms with Crippen LogP contribution in [-0.2, 0) is 17.5 Å². The van der Waals surface area contributed by atoms with Gasteiger partial charge in [0.25, 0.3) is 0 Å². The average molecular weight is 452 g/mol.